The molecular weight excluding hydrogens is 326 g/mol. The van der Waals surface area contributed by atoms with Crippen LogP contribution in [0.3, 0.4) is 0 Å². The van der Waals surface area contributed by atoms with E-state index in [9.17, 15) is 13.2 Å². The molecule has 0 fully saturated rings. The van der Waals surface area contributed by atoms with E-state index in [4.69, 9.17) is 0 Å². The fraction of sp³-hybridized carbons (Fsp3) is 0.500. The van der Waals surface area contributed by atoms with E-state index in [2.05, 4.69) is 15.4 Å². The van der Waals surface area contributed by atoms with Crippen molar-refractivity contribution in [3.05, 3.63) is 29.8 Å². The summed E-state index contributed by atoms with van der Waals surface area (Å²) in [6, 6.07) is 6.56. The predicted octanol–water partition coefficient (Wildman–Crippen LogP) is 0.675. The largest absolute Gasteiger partial charge is 0.356 e. The molecule has 0 aromatic heterocycles. The number of hydrogen-bond acceptors (Lipinski definition) is 4. The SMILES string of the molecule is CNCCCNC(=O)CCc1ccc(S(=O)(=O)NC)cc1.Cl. The summed E-state index contributed by atoms with van der Waals surface area (Å²) in [4.78, 5) is 11.8. The van der Waals surface area contributed by atoms with E-state index >= 15 is 0 Å². The molecule has 0 unspecified atom stereocenters. The number of hydrogen-bond donors (Lipinski definition) is 3. The van der Waals surface area contributed by atoms with Gasteiger partial charge in [-0.3, -0.25) is 4.79 Å². The minimum Gasteiger partial charge on any atom is -0.356 e. The first-order valence-electron chi connectivity index (χ1n) is 6.93. The van der Waals surface area contributed by atoms with Gasteiger partial charge in [-0.15, -0.1) is 12.4 Å². The van der Waals surface area contributed by atoms with Crippen LogP contribution in [0, 0.1) is 0 Å². The van der Waals surface area contributed by atoms with Crippen LogP contribution in [0.15, 0.2) is 29.2 Å². The van der Waals surface area contributed by atoms with E-state index in [1.807, 2.05) is 7.05 Å². The Bertz CT molecular complexity index is 547. The van der Waals surface area contributed by atoms with Crippen LogP contribution in [0.1, 0.15) is 18.4 Å². The standard InChI is InChI=1S/C14H23N3O3S.ClH/c1-15-10-3-11-17-14(18)9-6-12-4-7-13(8-5-12)21(19,20)16-2;/h4-5,7-8,15-16H,3,6,9-11H2,1-2H3,(H,17,18);1H. The highest BCUT2D eigenvalue weighted by Gasteiger charge is 2.10. The Kier molecular flexibility index (Phi) is 10.0. The number of rotatable bonds is 9. The van der Waals surface area contributed by atoms with Crippen LogP contribution in [0.5, 0.6) is 0 Å². The van der Waals surface area contributed by atoms with Crippen LogP contribution in [0.25, 0.3) is 0 Å². The zero-order valence-corrected chi connectivity index (χ0v) is 14.5. The number of sulfonamides is 1. The van der Waals surface area contributed by atoms with Crippen LogP contribution in [0.2, 0.25) is 0 Å². The quantitative estimate of drug-likeness (QED) is 0.572. The third kappa shape index (κ3) is 7.22. The number of amides is 1. The van der Waals surface area contributed by atoms with Crippen molar-refractivity contribution in [2.45, 2.75) is 24.2 Å². The van der Waals surface area contributed by atoms with Gasteiger partial charge >= 0.3 is 0 Å². The molecule has 0 spiro atoms. The first-order chi connectivity index (χ1) is 9.99. The average Bonchev–Trinajstić information content (AvgIpc) is 2.50. The van der Waals surface area contributed by atoms with Crippen molar-refractivity contribution in [2.75, 3.05) is 27.2 Å². The Balaban J connectivity index is 0.00000441. The normalized spacial score (nSPS) is 10.8. The summed E-state index contributed by atoms with van der Waals surface area (Å²) in [7, 11) is -0.148. The smallest absolute Gasteiger partial charge is 0.240 e. The van der Waals surface area contributed by atoms with Gasteiger partial charge in [0.1, 0.15) is 0 Å². The maximum atomic E-state index is 11.6. The van der Waals surface area contributed by atoms with Gasteiger partial charge in [0.15, 0.2) is 0 Å². The van der Waals surface area contributed by atoms with Crippen molar-refractivity contribution in [2.24, 2.45) is 0 Å². The van der Waals surface area contributed by atoms with Gasteiger partial charge < -0.3 is 10.6 Å². The van der Waals surface area contributed by atoms with E-state index in [0.717, 1.165) is 18.5 Å². The van der Waals surface area contributed by atoms with E-state index < -0.39 is 10.0 Å². The van der Waals surface area contributed by atoms with E-state index in [0.29, 0.717) is 19.4 Å². The number of benzene rings is 1. The summed E-state index contributed by atoms with van der Waals surface area (Å²) in [5, 5.41) is 5.86. The molecule has 3 N–H and O–H groups in total. The predicted molar refractivity (Wildman–Crippen MR) is 89.8 cm³/mol. The second-order valence-corrected chi connectivity index (χ2v) is 6.55. The van der Waals surface area contributed by atoms with Crippen LogP contribution in [-0.2, 0) is 21.2 Å². The highest BCUT2D eigenvalue weighted by Crippen LogP contribution is 2.11. The van der Waals surface area contributed by atoms with Gasteiger partial charge in [-0.25, -0.2) is 13.1 Å². The molecule has 0 saturated carbocycles. The third-order valence-electron chi connectivity index (χ3n) is 3.07. The summed E-state index contributed by atoms with van der Waals surface area (Å²) < 4.78 is 25.4. The first-order valence-corrected chi connectivity index (χ1v) is 8.41. The third-order valence-corrected chi connectivity index (χ3v) is 4.50. The van der Waals surface area contributed by atoms with Gasteiger partial charge in [0.25, 0.3) is 0 Å². The monoisotopic (exact) mass is 349 g/mol. The Hall–Kier alpha value is -1.15. The molecule has 0 heterocycles. The van der Waals surface area contributed by atoms with Gasteiger partial charge in [-0.1, -0.05) is 12.1 Å². The molecule has 0 atom stereocenters. The summed E-state index contributed by atoms with van der Waals surface area (Å²) in [6.07, 6.45) is 1.90. The van der Waals surface area contributed by atoms with Gasteiger partial charge in [-0.2, -0.15) is 0 Å². The molecule has 0 bridgehead atoms. The van der Waals surface area contributed by atoms with Gasteiger partial charge in [0, 0.05) is 13.0 Å². The molecule has 0 saturated heterocycles. The fourth-order valence-electron chi connectivity index (χ4n) is 1.79. The molecule has 1 aromatic carbocycles. The first kappa shape index (κ1) is 20.9. The number of carbonyl (C=O) groups excluding carboxylic acids is 1. The Labute approximate surface area is 138 Å². The van der Waals surface area contributed by atoms with E-state index in [1.165, 1.54) is 7.05 Å². The van der Waals surface area contributed by atoms with Crippen LogP contribution >= 0.6 is 12.4 Å². The Morgan fingerprint density at radius 3 is 2.27 bits per heavy atom. The summed E-state index contributed by atoms with van der Waals surface area (Å²) in [5.74, 6) is 0.0121. The maximum Gasteiger partial charge on any atom is 0.240 e. The van der Waals surface area contributed by atoms with Crippen molar-refractivity contribution < 1.29 is 13.2 Å². The maximum absolute atomic E-state index is 11.6. The van der Waals surface area contributed by atoms with Crippen molar-refractivity contribution >= 4 is 28.3 Å². The fourth-order valence-corrected chi connectivity index (χ4v) is 2.52. The summed E-state index contributed by atoms with van der Waals surface area (Å²) >= 11 is 0. The Morgan fingerprint density at radius 1 is 1.09 bits per heavy atom. The zero-order chi connectivity index (χ0) is 15.7. The average molecular weight is 350 g/mol. The second kappa shape index (κ2) is 10.6. The highest BCUT2D eigenvalue weighted by atomic mass is 35.5. The van der Waals surface area contributed by atoms with Crippen molar-refractivity contribution in [3.63, 3.8) is 0 Å². The number of nitrogens with one attached hydrogen (secondary N) is 3. The lowest BCUT2D eigenvalue weighted by atomic mass is 10.1. The van der Waals surface area contributed by atoms with E-state index in [1.54, 1.807) is 24.3 Å². The summed E-state index contributed by atoms with van der Waals surface area (Å²) in [5.41, 5.74) is 0.940. The molecule has 8 heteroatoms. The molecule has 1 amide bonds. The molecule has 0 aliphatic rings. The van der Waals surface area contributed by atoms with Crippen molar-refractivity contribution in [3.8, 4) is 0 Å². The lowest BCUT2D eigenvalue weighted by molar-refractivity contribution is -0.121. The Morgan fingerprint density at radius 2 is 1.73 bits per heavy atom. The van der Waals surface area contributed by atoms with Gasteiger partial charge in [-0.05, 0) is 51.2 Å². The molecular formula is C14H24ClN3O3S. The molecule has 1 aromatic rings. The van der Waals surface area contributed by atoms with Crippen molar-refractivity contribution in [1.82, 2.24) is 15.4 Å². The molecule has 22 heavy (non-hydrogen) atoms. The van der Waals surface area contributed by atoms with Crippen LogP contribution in [-0.4, -0.2) is 41.5 Å². The van der Waals surface area contributed by atoms with Crippen LogP contribution in [0.4, 0.5) is 0 Å². The number of halogens is 1. The highest BCUT2D eigenvalue weighted by molar-refractivity contribution is 7.89. The molecule has 0 aliphatic heterocycles. The van der Waals surface area contributed by atoms with Gasteiger partial charge in [0.2, 0.25) is 15.9 Å². The van der Waals surface area contributed by atoms with Crippen LogP contribution < -0.4 is 15.4 Å². The molecule has 1 rings (SSSR count). The zero-order valence-electron chi connectivity index (χ0n) is 12.9. The topological polar surface area (TPSA) is 87.3 Å². The van der Waals surface area contributed by atoms with Crippen molar-refractivity contribution in [1.29, 1.82) is 0 Å². The molecule has 0 radical (unpaired) electrons. The lowest BCUT2D eigenvalue weighted by Gasteiger charge is -2.06. The minimum atomic E-state index is -3.40. The number of carbonyl (C=O) groups is 1. The van der Waals surface area contributed by atoms with Gasteiger partial charge in [0.05, 0.1) is 4.90 Å². The molecule has 0 aliphatic carbocycles. The minimum absolute atomic E-state index is 0. The van der Waals surface area contributed by atoms with E-state index in [-0.39, 0.29) is 23.2 Å². The molecule has 6 nitrogen and oxygen atoms in total. The second-order valence-electron chi connectivity index (χ2n) is 4.66. The molecule has 126 valence electrons. The number of aryl methyl sites for hydroxylation is 1. The summed E-state index contributed by atoms with van der Waals surface area (Å²) in [6.45, 7) is 1.54. The lowest BCUT2D eigenvalue weighted by Crippen LogP contribution is -2.26.